The Balaban J connectivity index is 1.45. The summed E-state index contributed by atoms with van der Waals surface area (Å²) in [4.78, 5) is 4.59. The topological polar surface area (TPSA) is 39.9 Å². The normalized spacial score (nSPS) is 18.5. The number of nitrogens with zero attached hydrogens (tertiary/aromatic N) is 2. The second-order valence-corrected chi connectivity index (χ2v) is 5.73. The Morgan fingerprint density at radius 3 is 2.36 bits per heavy atom. The fourth-order valence-electron chi connectivity index (χ4n) is 2.79. The van der Waals surface area contributed by atoms with Gasteiger partial charge in [-0.1, -0.05) is 12.1 Å². The van der Waals surface area contributed by atoms with Gasteiger partial charge in [0.05, 0.1) is 6.26 Å². The van der Waals surface area contributed by atoms with Crippen molar-refractivity contribution in [3.8, 4) is 0 Å². The van der Waals surface area contributed by atoms with Gasteiger partial charge < -0.3 is 9.52 Å². The molecular weight excluding hydrogens is 283 g/mol. The van der Waals surface area contributed by atoms with Gasteiger partial charge in [-0.15, -0.1) is 0 Å². The number of β-amino-alcohol motifs (C(OH)–C–C–N with tert-alkyl or cyclic N) is 1. The van der Waals surface area contributed by atoms with Gasteiger partial charge in [-0.3, -0.25) is 9.80 Å². The van der Waals surface area contributed by atoms with E-state index >= 15 is 0 Å². The van der Waals surface area contributed by atoms with Crippen LogP contribution in [0.3, 0.4) is 0 Å². The van der Waals surface area contributed by atoms with Crippen LogP contribution in [-0.2, 0) is 6.54 Å². The largest absolute Gasteiger partial charge is 0.467 e. The van der Waals surface area contributed by atoms with E-state index in [0.29, 0.717) is 12.3 Å². The van der Waals surface area contributed by atoms with E-state index in [1.807, 2.05) is 12.1 Å². The number of piperazine rings is 1. The Bertz CT molecular complexity index is 563. The molecule has 1 aliphatic heterocycles. The van der Waals surface area contributed by atoms with Gasteiger partial charge >= 0.3 is 0 Å². The van der Waals surface area contributed by atoms with Crippen molar-refractivity contribution in [1.29, 1.82) is 0 Å². The monoisotopic (exact) mass is 304 g/mol. The molecule has 1 aromatic heterocycles. The molecule has 0 amide bonds. The van der Waals surface area contributed by atoms with Gasteiger partial charge in [0.2, 0.25) is 0 Å². The van der Waals surface area contributed by atoms with Gasteiger partial charge in [0.15, 0.2) is 0 Å². The quantitative estimate of drug-likeness (QED) is 0.920. The molecule has 3 rings (SSSR count). The first-order chi connectivity index (χ1) is 10.7. The van der Waals surface area contributed by atoms with Gasteiger partial charge in [-0.2, -0.15) is 0 Å². The van der Waals surface area contributed by atoms with Crippen LogP contribution in [0.4, 0.5) is 4.39 Å². The molecule has 0 spiro atoms. The van der Waals surface area contributed by atoms with Crippen molar-refractivity contribution in [2.45, 2.75) is 12.6 Å². The fraction of sp³-hybridized carbons (Fsp3) is 0.412. The van der Waals surface area contributed by atoms with Crippen LogP contribution in [0, 0.1) is 5.82 Å². The molecule has 2 heterocycles. The van der Waals surface area contributed by atoms with Crippen LogP contribution in [0.5, 0.6) is 0 Å². The van der Waals surface area contributed by atoms with E-state index in [2.05, 4.69) is 9.80 Å². The number of benzene rings is 1. The van der Waals surface area contributed by atoms with E-state index in [1.165, 1.54) is 12.1 Å². The minimum atomic E-state index is -0.571. The average molecular weight is 304 g/mol. The van der Waals surface area contributed by atoms with Crippen LogP contribution >= 0.6 is 0 Å². The number of aliphatic hydroxyl groups excluding tert-OH is 1. The molecule has 0 radical (unpaired) electrons. The summed E-state index contributed by atoms with van der Waals surface area (Å²) in [6.45, 7) is 5.16. The maximum atomic E-state index is 12.9. The van der Waals surface area contributed by atoms with Gasteiger partial charge in [0.25, 0.3) is 0 Å². The molecule has 0 saturated carbocycles. The van der Waals surface area contributed by atoms with Gasteiger partial charge in [0, 0.05) is 39.3 Å². The lowest BCUT2D eigenvalue weighted by Gasteiger charge is -2.35. The zero-order valence-corrected chi connectivity index (χ0v) is 12.5. The first kappa shape index (κ1) is 15.2. The van der Waals surface area contributed by atoms with Crippen molar-refractivity contribution in [2.24, 2.45) is 0 Å². The summed E-state index contributed by atoms with van der Waals surface area (Å²) in [7, 11) is 0. The number of aliphatic hydroxyl groups is 1. The third-order valence-corrected chi connectivity index (χ3v) is 4.09. The maximum Gasteiger partial charge on any atom is 0.133 e. The Labute approximate surface area is 129 Å². The lowest BCUT2D eigenvalue weighted by molar-refractivity contribution is 0.0598. The predicted molar refractivity (Wildman–Crippen MR) is 81.8 cm³/mol. The highest BCUT2D eigenvalue weighted by atomic mass is 19.1. The van der Waals surface area contributed by atoms with E-state index in [9.17, 15) is 9.50 Å². The summed E-state index contributed by atoms with van der Waals surface area (Å²) in [5, 5.41) is 10.1. The van der Waals surface area contributed by atoms with E-state index in [0.717, 1.165) is 38.3 Å². The molecule has 22 heavy (non-hydrogen) atoms. The highest BCUT2D eigenvalue weighted by Crippen LogP contribution is 2.16. The molecule has 118 valence electrons. The first-order valence-electron chi connectivity index (χ1n) is 7.61. The fourth-order valence-corrected chi connectivity index (χ4v) is 2.79. The predicted octanol–water partition coefficient (Wildman–Crippen LogP) is 2.27. The first-order valence-corrected chi connectivity index (χ1v) is 7.61. The molecule has 1 atom stereocenters. The number of rotatable bonds is 5. The molecule has 0 unspecified atom stereocenters. The molecule has 1 fully saturated rings. The van der Waals surface area contributed by atoms with Crippen molar-refractivity contribution in [2.75, 3.05) is 32.7 Å². The number of hydrogen-bond acceptors (Lipinski definition) is 4. The highest BCUT2D eigenvalue weighted by molar-refractivity contribution is 5.16. The standard InChI is InChI=1S/C17H21FN2O2/c18-15-5-3-14(4-6-15)12-19-7-9-20(10-8-19)13-16(21)17-2-1-11-22-17/h1-6,11,16,21H,7-10,12-13H2/t16-/m1/s1. The molecular formula is C17H21FN2O2. The summed E-state index contributed by atoms with van der Waals surface area (Å²) in [5.74, 6) is 0.425. The van der Waals surface area contributed by atoms with Crippen molar-refractivity contribution < 1.29 is 13.9 Å². The minimum absolute atomic E-state index is 0.194. The summed E-state index contributed by atoms with van der Waals surface area (Å²) < 4.78 is 18.1. The lowest BCUT2D eigenvalue weighted by Crippen LogP contribution is -2.47. The lowest BCUT2D eigenvalue weighted by atomic mass is 10.2. The second-order valence-electron chi connectivity index (χ2n) is 5.73. The Morgan fingerprint density at radius 2 is 1.73 bits per heavy atom. The molecule has 0 aliphatic carbocycles. The third kappa shape index (κ3) is 3.94. The molecule has 1 saturated heterocycles. The molecule has 2 aromatic rings. The zero-order valence-electron chi connectivity index (χ0n) is 12.5. The van der Waals surface area contributed by atoms with Crippen molar-refractivity contribution in [3.63, 3.8) is 0 Å². The maximum absolute atomic E-state index is 12.9. The van der Waals surface area contributed by atoms with Gasteiger partial charge in [0.1, 0.15) is 17.7 Å². The van der Waals surface area contributed by atoms with Crippen molar-refractivity contribution in [1.82, 2.24) is 9.80 Å². The van der Waals surface area contributed by atoms with Crippen LogP contribution in [-0.4, -0.2) is 47.6 Å². The number of furan rings is 1. The minimum Gasteiger partial charge on any atom is -0.467 e. The van der Waals surface area contributed by atoms with Gasteiger partial charge in [-0.25, -0.2) is 4.39 Å². The van der Waals surface area contributed by atoms with Gasteiger partial charge in [-0.05, 0) is 29.8 Å². The van der Waals surface area contributed by atoms with E-state index < -0.39 is 6.10 Å². The smallest absolute Gasteiger partial charge is 0.133 e. The highest BCUT2D eigenvalue weighted by Gasteiger charge is 2.21. The SMILES string of the molecule is O[C@H](CN1CCN(Cc2ccc(F)cc2)CC1)c1ccco1. The Kier molecular flexibility index (Phi) is 4.87. The van der Waals surface area contributed by atoms with Crippen LogP contribution in [0.2, 0.25) is 0 Å². The summed E-state index contributed by atoms with van der Waals surface area (Å²) in [5.41, 5.74) is 1.13. The molecule has 4 nitrogen and oxygen atoms in total. The van der Waals surface area contributed by atoms with Crippen LogP contribution in [0.1, 0.15) is 17.4 Å². The molecule has 5 heteroatoms. The molecule has 1 N–H and O–H groups in total. The van der Waals surface area contributed by atoms with Crippen molar-refractivity contribution in [3.05, 3.63) is 59.8 Å². The average Bonchev–Trinajstić information content (AvgIpc) is 3.06. The third-order valence-electron chi connectivity index (χ3n) is 4.09. The van der Waals surface area contributed by atoms with Crippen LogP contribution in [0.25, 0.3) is 0 Å². The number of halogens is 1. The number of hydrogen-bond donors (Lipinski definition) is 1. The summed E-state index contributed by atoms with van der Waals surface area (Å²) >= 11 is 0. The van der Waals surface area contributed by atoms with Crippen LogP contribution < -0.4 is 0 Å². The molecule has 0 bridgehead atoms. The Hall–Kier alpha value is -1.69. The Morgan fingerprint density at radius 1 is 1.05 bits per heavy atom. The van der Waals surface area contributed by atoms with Crippen molar-refractivity contribution >= 4 is 0 Å². The van der Waals surface area contributed by atoms with Crippen LogP contribution in [0.15, 0.2) is 47.1 Å². The zero-order chi connectivity index (χ0) is 15.4. The van der Waals surface area contributed by atoms with E-state index in [4.69, 9.17) is 4.42 Å². The summed E-state index contributed by atoms with van der Waals surface area (Å²) in [6.07, 6.45) is 1.01. The summed E-state index contributed by atoms with van der Waals surface area (Å²) in [6, 6.07) is 10.3. The van der Waals surface area contributed by atoms with E-state index in [1.54, 1.807) is 18.4 Å². The molecule has 1 aliphatic rings. The van der Waals surface area contributed by atoms with E-state index in [-0.39, 0.29) is 5.82 Å². The second kappa shape index (κ2) is 7.05. The molecule has 1 aromatic carbocycles.